The number of fused-ring (bicyclic) bond motifs is 3. The monoisotopic (exact) mass is 322 g/mol. The molecule has 0 spiro atoms. The lowest BCUT2D eigenvalue weighted by Gasteiger charge is -2.40. The number of hydrogen-bond donors (Lipinski definition) is 0. The van der Waals surface area contributed by atoms with Crippen LogP contribution in [0.3, 0.4) is 0 Å². The fourth-order valence-electron chi connectivity index (χ4n) is 3.12. The Morgan fingerprint density at radius 2 is 2.41 bits per heavy atom. The van der Waals surface area contributed by atoms with E-state index < -0.39 is 0 Å². The smallest absolute Gasteiger partial charge is 0.240 e. The summed E-state index contributed by atoms with van der Waals surface area (Å²) in [6.45, 7) is 3.11. The summed E-state index contributed by atoms with van der Waals surface area (Å²) >= 11 is 1.69. The fourth-order valence-corrected chi connectivity index (χ4v) is 3.50. The van der Waals surface area contributed by atoms with Crippen molar-refractivity contribution in [1.29, 1.82) is 0 Å². The molecule has 0 aromatic carbocycles. The van der Waals surface area contributed by atoms with E-state index in [1.165, 1.54) is 0 Å². The van der Waals surface area contributed by atoms with Gasteiger partial charge in [0.25, 0.3) is 0 Å². The van der Waals surface area contributed by atoms with Crippen LogP contribution < -0.4 is 0 Å². The highest BCUT2D eigenvalue weighted by molar-refractivity contribution is 7.97. The summed E-state index contributed by atoms with van der Waals surface area (Å²) in [7, 11) is 0. The summed E-state index contributed by atoms with van der Waals surface area (Å²) in [6.07, 6.45) is 5.01. The van der Waals surface area contributed by atoms with Crippen molar-refractivity contribution < 1.29 is 9.26 Å². The number of piperidine rings is 1. The Bertz CT molecular complexity index is 644. The maximum absolute atomic E-state index is 5.92. The first-order valence-electron chi connectivity index (χ1n) is 7.37. The van der Waals surface area contributed by atoms with Crippen LogP contribution in [0.15, 0.2) is 10.7 Å². The molecular weight excluding hydrogens is 304 g/mol. The van der Waals surface area contributed by atoms with Crippen LogP contribution in [0.5, 0.6) is 0 Å². The van der Waals surface area contributed by atoms with Gasteiger partial charge < -0.3 is 9.26 Å². The number of thioether (sulfide) groups is 1. The molecule has 0 unspecified atom stereocenters. The molecule has 2 aliphatic rings. The van der Waals surface area contributed by atoms with Gasteiger partial charge in [0.2, 0.25) is 5.89 Å². The summed E-state index contributed by atoms with van der Waals surface area (Å²) in [5.74, 6) is 2.22. The molecule has 0 amide bonds. The van der Waals surface area contributed by atoms with Gasteiger partial charge in [-0.3, -0.25) is 4.90 Å². The Hall–Kier alpha value is -1.45. The molecule has 2 aromatic heterocycles. The van der Waals surface area contributed by atoms with Crippen LogP contribution in [0.1, 0.15) is 29.9 Å². The largest absolute Gasteiger partial charge is 0.370 e. The second-order valence-corrected chi connectivity index (χ2v) is 6.51. The van der Waals surface area contributed by atoms with Gasteiger partial charge in [-0.1, -0.05) is 10.4 Å². The van der Waals surface area contributed by atoms with Gasteiger partial charge in [0, 0.05) is 13.1 Å². The molecule has 9 heteroatoms. The van der Waals surface area contributed by atoms with Crippen LogP contribution in [0.4, 0.5) is 0 Å². The Kier molecular flexibility index (Phi) is 3.85. The van der Waals surface area contributed by atoms with E-state index in [9.17, 15) is 0 Å². The first-order chi connectivity index (χ1) is 10.8. The van der Waals surface area contributed by atoms with Crippen LogP contribution >= 0.6 is 11.8 Å². The van der Waals surface area contributed by atoms with Gasteiger partial charge in [-0.25, -0.2) is 4.68 Å². The van der Waals surface area contributed by atoms with Gasteiger partial charge in [0.1, 0.15) is 0 Å². The van der Waals surface area contributed by atoms with Crippen molar-refractivity contribution >= 4 is 11.8 Å². The number of aromatic nitrogens is 5. The molecule has 2 aromatic rings. The quantitative estimate of drug-likeness (QED) is 0.820. The van der Waals surface area contributed by atoms with E-state index in [0.29, 0.717) is 19.0 Å². The van der Waals surface area contributed by atoms with Crippen LogP contribution in [-0.4, -0.2) is 55.5 Å². The van der Waals surface area contributed by atoms with Crippen molar-refractivity contribution in [2.75, 3.05) is 19.3 Å². The van der Waals surface area contributed by atoms with Crippen molar-refractivity contribution in [3.8, 4) is 0 Å². The average Bonchev–Trinajstić information content (AvgIpc) is 3.17. The minimum Gasteiger partial charge on any atom is -0.370 e. The van der Waals surface area contributed by atoms with Crippen molar-refractivity contribution in [3.63, 3.8) is 0 Å². The fraction of sp³-hybridized carbons (Fsp3) is 0.692. The van der Waals surface area contributed by atoms with E-state index in [1.807, 2.05) is 10.9 Å². The number of likely N-dealkylation sites (tertiary alicyclic amines) is 1. The summed E-state index contributed by atoms with van der Waals surface area (Å²) in [6, 6.07) is 0.216. The molecule has 1 saturated heterocycles. The van der Waals surface area contributed by atoms with Crippen molar-refractivity contribution in [1.82, 2.24) is 30.0 Å². The van der Waals surface area contributed by atoms with Crippen molar-refractivity contribution in [3.05, 3.63) is 23.6 Å². The third-order valence-corrected chi connectivity index (χ3v) is 4.70. The molecule has 0 bridgehead atoms. The zero-order chi connectivity index (χ0) is 14.9. The Balaban J connectivity index is 1.45. The summed E-state index contributed by atoms with van der Waals surface area (Å²) < 4.78 is 13.3. The third kappa shape index (κ3) is 2.64. The second-order valence-electron chi connectivity index (χ2n) is 5.65. The van der Waals surface area contributed by atoms with Gasteiger partial charge in [-0.2, -0.15) is 16.7 Å². The van der Waals surface area contributed by atoms with Crippen LogP contribution in [-0.2, 0) is 23.6 Å². The van der Waals surface area contributed by atoms with E-state index in [-0.39, 0.29) is 12.1 Å². The molecule has 4 rings (SSSR count). The van der Waals surface area contributed by atoms with Gasteiger partial charge in [0.05, 0.1) is 42.9 Å². The normalized spacial score (nSPS) is 25.0. The topological polar surface area (TPSA) is 82.1 Å². The molecule has 0 saturated carbocycles. The van der Waals surface area contributed by atoms with E-state index in [1.54, 1.807) is 18.0 Å². The first kappa shape index (κ1) is 14.2. The predicted octanol–water partition coefficient (Wildman–Crippen LogP) is 0.870. The zero-order valence-electron chi connectivity index (χ0n) is 12.4. The van der Waals surface area contributed by atoms with Gasteiger partial charge >= 0.3 is 0 Å². The Labute approximate surface area is 132 Å². The Morgan fingerprint density at radius 1 is 1.45 bits per heavy atom. The highest BCUT2D eigenvalue weighted by Crippen LogP contribution is 2.30. The summed E-state index contributed by atoms with van der Waals surface area (Å²) in [5.41, 5.74) is 1.04. The number of hydrogen-bond acceptors (Lipinski definition) is 8. The highest BCUT2D eigenvalue weighted by Gasteiger charge is 2.36. The predicted molar refractivity (Wildman–Crippen MR) is 79.0 cm³/mol. The molecule has 2 aliphatic heterocycles. The molecule has 22 heavy (non-hydrogen) atoms. The SMILES string of the molecule is CSCc1noc(CN2CC[C@@H]3OCc4cnnn4[C@@H]3C2)n1. The summed E-state index contributed by atoms with van der Waals surface area (Å²) in [4.78, 5) is 6.74. The number of ether oxygens (including phenoxy) is 1. The van der Waals surface area contributed by atoms with Crippen molar-refractivity contribution in [2.24, 2.45) is 0 Å². The van der Waals surface area contributed by atoms with E-state index >= 15 is 0 Å². The molecule has 0 aliphatic carbocycles. The summed E-state index contributed by atoms with van der Waals surface area (Å²) in [5, 5.41) is 12.2. The molecular formula is C13H18N6O2S. The lowest BCUT2D eigenvalue weighted by Crippen LogP contribution is -2.47. The zero-order valence-corrected chi connectivity index (χ0v) is 13.2. The van der Waals surface area contributed by atoms with Crippen LogP contribution in [0, 0.1) is 0 Å². The molecule has 0 radical (unpaired) electrons. The lowest BCUT2D eigenvalue weighted by atomic mass is 10.0. The van der Waals surface area contributed by atoms with Crippen molar-refractivity contribution in [2.45, 2.75) is 37.5 Å². The molecule has 4 heterocycles. The minimum atomic E-state index is 0.216. The number of nitrogens with zero attached hydrogens (tertiary/aromatic N) is 6. The molecule has 8 nitrogen and oxygen atoms in total. The van der Waals surface area contributed by atoms with E-state index in [4.69, 9.17) is 9.26 Å². The maximum Gasteiger partial charge on any atom is 0.240 e. The Morgan fingerprint density at radius 3 is 3.32 bits per heavy atom. The number of rotatable bonds is 4. The average molecular weight is 322 g/mol. The molecule has 1 fully saturated rings. The molecule has 118 valence electrons. The van der Waals surface area contributed by atoms with Gasteiger partial charge in [-0.15, -0.1) is 5.10 Å². The maximum atomic E-state index is 5.92. The second kappa shape index (κ2) is 5.98. The third-order valence-electron chi connectivity index (χ3n) is 4.16. The molecule has 0 N–H and O–H groups in total. The van der Waals surface area contributed by atoms with Crippen LogP contribution in [0.2, 0.25) is 0 Å². The minimum absolute atomic E-state index is 0.216. The highest BCUT2D eigenvalue weighted by atomic mass is 32.2. The van der Waals surface area contributed by atoms with Crippen LogP contribution in [0.25, 0.3) is 0 Å². The van der Waals surface area contributed by atoms with Gasteiger partial charge in [-0.05, 0) is 12.7 Å². The standard InChI is InChI=1S/C13H18N6O2S/c1-22-8-12-15-13(21-16-12)6-18-3-2-11-10(5-18)19-9(7-20-11)4-14-17-19/h4,10-11H,2-3,5-8H2,1H3/t10-,11+/m1/s1. The van der Waals surface area contributed by atoms with E-state index in [0.717, 1.165) is 36.8 Å². The first-order valence-corrected chi connectivity index (χ1v) is 8.76. The van der Waals surface area contributed by atoms with E-state index in [2.05, 4.69) is 25.4 Å². The molecule has 2 atom stereocenters. The lowest BCUT2D eigenvalue weighted by molar-refractivity contribution is -0.0681. The van der Waals surface area contributed by atoms with Gasteiger partial charge in [0.15, 0.2) is 5.82 Å².